The third kappa shape index (κ3) is 2.63. The number of hydrogen-bond donors (Lipinski definition) is 2. The van der Waals surface area contributed by atoms with Gasteiger partial charge in [0.25, 0.3) is 0 Å². The zero-order chi connectivity index (χ0) is 14.0. The number of aromatic nitrogens is 3. The number of aromatic amines is 1. The Morgan fingerprint density at radius 1 is 1.42 bits per heavy atom. The molecular formula is C12H14ClN3O3. The Morgan fingerprint density at radius 2 is 2.16 bits per heavy atom. The van der Waals surface area contributed by atoms with Crippen molar-refractivity contribution in [2.24, 2.45) is 0 Å². The van der Waals surface area contributed by atoms with Crippen LogP contribution in [0.2, 0.25) is 5.02 Å². The van der Waals surface area contributed by atoms with Crippen molar-refractivity contribution < 1.29 is 5.21 Å². The zero-order valence-electron chi connectivity index (χ0n) is 10.4. The molecule has 2 N–H and O–H groups in total. The lowest BCUT2D eigenvalue weighted by atomic mass is 10.0. The summed E-state index contributed by atoms with van der Waals surface area (Å²) >= 11 is 6.07. The van der Waals surface area contributed by atoms with Crippen molar-refractivity contribution in [1.82, 2.24) is 14.7 Å². The highest BCUT2D eigenvalue weighted by Gasteiger charge is 2.19. The first kappa shape index (κ1) is 13.6. The van der Waals surface area contributed by atoms with Crippen LogP contribution < -0.4 is 11.1 Å². The lowest BCUT2D eigenvalue weighted by molar-refractivity contribution is 0.185. The molecule has 0 aliphatic carbocycles. The van der Waals surface area contributed by atoms with Gasteiger partial charge in [-0.3, -0.25) is 9.59 Å². The van der Waals surface area contributed by atoms with Gasteiger partial charge in [0.15, 0.2) is 5.82 Å². The number of nitrogens with one attached hydrogen (secondary N) is 1. The van der Waals surface area contributed by atoms with Crippen molar-refractivity contribution in [3.8, 4) is 11.5 Å². The molecule has 0 aromatic carbocycles. The molecule has 0 fully saturated rings. The quantitative estimate of drug-likeness (QED) is 0.507. The summed E-state index contributed by atoms with van der Waals surface area (Å²) in [4.78, 5) is 28.6. The molecule has 6 nitrogen and oxygen atoms in total. The van der Waals surface area contributed by atoms with Gasteiger partial charge >= 0.3 is 11.1 Å². The number of rotatable bonds is 4. The third-order valence-electron chi connectivity index (χ3n) is 2.94. The first-order chi connectivity index (χ1) is 9.04. The third-order valence-corrected chi connectivity index (χ3v) is 3.26. The summed E-state index contributed by atoms with van der Waals surface area (Å²) in [5, 5.41) is 10.0. The minimum absolute atomic E-state index is 0.0144. The summed E-state index contributed by atoms with van der Waals surface area (Å²) < 4.78 is 0.651. The van der Waals surface area contributed by atoms with Gasteiger partial charge in [-0.1, -0.05) is 31.4 Å². The normalized spacial score (nSPS) is 11.1. The molecular weight excluding hydrogens is 270 g/mol. The Labute approximate surface area is 114 Å². The Bertz CT molecular complexity index is 677. The number of unbranched alkanes of at least 4 members (excludes halogenated alkanes) is 2. The Morgan fingerprint density at radius 3 is 2.84 bits per heavy atom. The second-order valence-electron chi connectivity index (χ2n) is 4.33. The van der Waals surface area contributed by atoms with Crippen molar-refractivity contribution >= 4 is 11.6 Å². The van der Waals surface area contributed by atoms with Gasteiger partial charge in [-0.05, 0) is 18.4 Å². The molecule has 0 spiro atoms. The van der Waals surface area contributed by atoms with E-state index < -0.39 is 11.1 Å². The van der Waals surface area contributed by atoms with Crippen molar-refractivity contribution in [2.75, 3.05) is 0 Å². The molecule has 2 heterocycles. The van der Waals surface area contributed by atoms with Crippen LogP contribution in [-0.4, -0.2) is 19.9 Å². The largest absolute Gasteiger partial charge is 0.427 e. The fraction of sp³-hybridized carbons (Fsp3) is 0.417. The van der Waals surface area contributed by atoms with E-state index in [1.165, 1.54) is 6.20 Å². The highest BCUT2D eigenvalue weighted by molar-refractivity contribution is 6.31. The van der Waals surface area contributed by atoms with Gasteiger partial charge in [0.05, 0.1) is 16.9 Å². The average Bonchev–Trinajstić information content (AvgIpc) is 2.36. The second-order valence-corrected chi connectivity index (χ2v) is 4.73. The lowest BCUT2D eigenvalue weighted by Crippen LogP contribution is -2.32. The van der Waals surface area contributed by atoms with Gasteiger partial charge in [-0.15, -0.1) is 0 Å². The van der Waals surface area contributed by atoms with E-state index in [1.54, 1.807) is 0 Å². The van der Waals surface area contributed by atoms with Crippen molar-refractivity contribution in [1.29, 1.82) is 0 Å². The van der Waals surface area contributed by atoms with Crippen LogP contribution in [0.1, 0.15) is 31.7 Å². The van der Waals surface area contributed by atoms with Gasteiger partial charge < -0.3 is 10.2 Å². The smallest absolute Gasteiger partial charge is 0.337 e. The summed E-state index contributed by atoms with van der Waals surface area (Å²) in [6.07, 6.45) is 4.92. The summed E-state index contributed by atoms with van der Waals surface area (Å²) in [7, 11) is 0. The van der Waals surface area contributed by atoms with Crippen LogP contribution >= 0.6 is 11.6 Å². The molecule has 19 heavy (non-hydrogen) atoms. The Kier molecular flexibility index (Phi) is 3.90. The van der Waals surface area contributed by atoms with Crippen LogP contribution in [0.3, 0.4) is 0 Å². The average molecular weight is 284 g/mol. The van der Waals surface area contributed by atoms with Crippen LogP contribution in [0.15, 0.2) is 15.8 Å². The van der Waals surface area contributed by atoms with Gasteiger partial charge in [-0.2, -0.15) is 9.71 Å². The molecule has 0 saturated carbocycles. The van der Waals surface area contributed by atoms with E-state index in [1.807, 2.05) is 0 Å². The molecule has 0 radical (unpaired) electrons. The van der Waals surface area contributed by atoms with Crippen LogP contribution in [-0.2, 0) is 6.42 Å². The second kappa shape index (κ2) is 5.44. The summed E-state index contributed by atoms with van der Waals surface area (Å²) in [5.74, 6) is 0.0144. The number of hydrogen-bond acceptors (Lipinski definition) is 4. The fourth-order valence-corrected chi connectivity index (χ4v) is 2.25. The molecule has 0 atom stereocenters. The van der Waals surface area contributed by atoms with Gasteiger partial charge in [0.2, 0.25) is 0 Å². The summed E-state index contributed by atoms with van der Waals surface area (Å²) in [6, 6.07) is 0. The zero-order valence-corrected chi connectivity index (χ0v) is 11.2. The number of H-pyrrole nitrogens is 1. The molecule has 0 saturated heterocycles. The summed E-state index contributed by atoms with van der Waals surface area (Å²) in [5.41, 5.74) is -0.737. The summed E-state index contributed by atoms with van der Waals surface area (Å²) in [6.45, 7) is 2.08. The number of halogens is 1. The number of nitrogens with zero attached hydrogens (tertiary/aromatic N) is 2. The van der Waals surface area contributed by atoms with Crippen LogP contribution in [0.5, 0.6) is 0 Å². The predicted molar refractivity (Wildman–Crippen MR) is 71.2 cm³/mol. The molecule has 0 bridgehead atoms. The molecule has 102 valence electrons. The van der Waals surface area contributed by atoms with Crippen LogP contribution in [0.4, 0.5) is 0 Å². The highest BCUT2D eigenvalue weighted by atomic mass is 35.5. The minimum Gasteiger partial charge on any atom is -0.427 e. The molecule has 0 amide bonds. The van der Waals surface area contributed by atoms with Crippen molar-refractivity contribution in [3.63, 3.8) is 0 Å². The Hall–Kier alpha value is -1.82. The first-order valence-electron chi connectivity index (χ1n) is 6.08. The fourth-order valence-electron chi connectivity index (χ4n) is 1.96. The van der Waals surface area contributed by atoms with E-state index >= 15 is 0 Å². The van der Waals surface area contributed by atoms with E-state index in [2.05, 4.69) is 16.9 Å². The van der Waals surface area contributed by atoms with Gasteiger partial charge in [0, 0.05) is 0 Å². The lowest BCUT2D eigenvalue weighted by Gasteiger charge is -2.14. The van der Waals surface area contributed by atoms with E-state index in [0.29, 0.717) is 27.4 Å². The van der Waals surface area contributed by atoms with E-state index in [0.717, 1.165) is 19.3 Å². The molecule has 2 rings (SSSR count). The molecule has 7 heteroatoms. The van der Waals surface area contributed by atoms with Crippen molar-refractivity contribution in [2.45, 2.75) is 32.6 Å². The molecule has 2 aliphatic rings. The van der Waals surface area contributed by atoms with E-state index in [4.69, 9.17) is 11.6 Å². The minimum atomic E-state index is -0.933. The molecule has 0 aromatic rings. The molecule has 0 aromatic heterocycles. The van der Waals surface area contributed by atoms with Gasteiger partial charge in [-0.25, -0.2) is 0 Å². The monoisotopic (exact) mass is 283 g/mol. The maximum absolute atomic E-state index is 11.4. The van der Waals surface area contributed by atoms with Crippen molar-refractivity contribution in [3.05, 3.63) is 37.5 Å². The number of pyridine rings is 1. The molecule has 0 unspecified atom stereocenters. The van der Waals surface area contributed by atoms with E-state index in [9.17, 15) is 14.8 Å². The number of fused-ring (bicyclic) bond motifs is 1. The predicted octanol–water partition coefficient (Wildman–Crippen LogP) is 1.66. The van der Waals surface area contributed by atoms with Crippen LogP contribution in [0, 0.1) is 0 Å². The SMILES string of the molecule is CCCCCc1c(Cl)cn(O)c2nc(=O)c(=O)[nH]c1-2. The van der Waals surface area contributed by atoms with Gasteiger partial charge in [0.1, 0.15) is 0 Å². The first-order valence-corrected chi connectivity index (χ1v) is 6.45. The van der Waals surface area contributed by atoms with E-state index in [-0.39, 0.29) is 5.82 Å². The maximum atomic E-state index is 11.4. The van der Waals surface area contributed by atoms with Crippen LogP contribution in [0.25, 0.3) is 11.5 Å². The standard InChI is InChI=1S/C12H14ClN3O3/c1-2-3-4-5-7-8(13)6-16(19)10-9(7)14-11(17)12(18)15-10/h6,19H,2-5H2,1H3,(H,14,17). The topological polar surface area (TPSA) is 88.0 Å². The maximum Gasteiger partial charge on any atom is 0.337 e. The highest BCUT2D eigenvalue weighted by Crippen LogP contribution is 2.28. The molecule has 2 aliphatic heterocycles. The Balaban J connectivity index is 2.60.